The fraction of sp³-hybridized carbons (Fsp3) is 0.474. The number of amides is 2. The summed E-state index contributed by atoms with van der Waals surface area (Å²) in [6.45, 7) is 0.845. The SMILES string of the molecule is C[C@@H](C(=O)OCC(=O)c1cccc(F)c1)N1C(=O)[C@H]2CCCC[C@H]2C1=O. The number of ketones is 1. The molecular weight excluding hydrogens is 341 g/mol. The molecule has 7 heteroatoms. The summed E-state index contributed by atoms with van der Waals surface area (Å²) in [6.07, 6.45) is 3.11. The standard InChI is InChI=1S/C19H20FNO5/c1-11(21-17(23)14-7-2-3-8-15(14)18(21)24)19(25)26-10-16(22)12-5-4-6-13(20)9-12/h4-6,9,11,14-15H,2-3,7-8,10H2,1H3/t11-,14-,15+/m0/s1. The van der Waals surface area contributed by atoms with Crippen molar-refractivity contribution >= 4 is 23.6 Å². The highest BCUT2D eigenvalue weighted by atomic mass is 19.1. The Bertz CT molecular complexity index is 738. The van der Waals surface area contributed by atoms with Crippen LogP contribution in [0.4, 0.5) is 4.39 Å². The number of hydrogen-bond acceptors (Lipinski definition) is 5. The molecule has 3 rings (SSSR count). The maximum atomic E-state index is 13.1. The average molecular weight is 361 g/mol. The number of carbonyl (C=O) groups is 4. The van der Waals surface area contributed by atoms with E-state index in [9.17, 15) is 23.6 Å². The first kappa shape index (κ1) is 18.2. The minimum absolute atomic E-state index is 0.0878. The van der Waals surface area contributed by atoms with Gasteiger partial charge in [-0.15, -0.1) is 0 Å². The van der Waals surface area contributed by atoms with Crippen molar-refractivity contribution in [1.82, 2.24) is 4.90 Å². The zero-order chi connectivity index (χ0) is 18.8. The number of benzene rings is 1. The third-order valence-corrected chi connectivity index (χ3v) is 5.10. The van der Waals surface area contributed by atoms with Gasteiger partial charge in [-0.05, 0) is 31.9 Å². The maximum Gasteiger partial charge on any atom is 0.329 e. The van der Waals surface area contributed by atoms with Crippen molar-refractivity contribution in [3.05, 3.63) is 35.6 Å². The van der Waals surface area contributed by atoms with Gasteiger partial charge in [-0.25, -0.2) is 9.18 Å². The molecule has 6 nitrogen and oxygen atoms in total. The second-order valence-electron chi connectivity index (χ2n) is 6.76. The summed E-state index contributed by atoms with van der Waals surface area (Å²) in [5.74, 6) is -3.30. The second kappa shape index (κ2) is 7.35. The van der Waals surface area contributed by atoms with Gasteiger partial charge in [-0.2, -0.15) is 0 Å². The van der Waals surface area contributed by atoms with Crippen LogP contribution in [-0.2, 0) is 19.1 Å². The van der Waals surface area contributed by atoms with Crippen LogP contribution in [0.5, 0.6) is 0 Å². The number of Topliss-reactive ketones (excluding diaryl/α,β-unsaturated/α-hetero) is 1. The fourth-order valence-corrected chi connectivity index (χ4v) is 3.68. The molecule has 0 spiro atoms. The molecule has 1 aliphatic heterocycles. The van der Waals surface area contributed by atoms with Crippen LogP contribution in [-0.4, -0.2) is 41.1 Å². The zero-order valence-electron chi connectivity index (χ0n) is 14.4. The highest BCUT2D eigenvalue weighted by molar-refractivity contribution is 6.08. The molecule has 3 atom stereocenters. The van der Waals surface area contributed by atoms with Crippen molar-refractivity contribution < 1.29 is 28.3 Å². The van der Waals surface area contributed by atoms with Crippen molar-refractivity contribution in [2.24, 2.45) is 11.8 Å². The van der Waals surface area contributed by atoms with Crippen LogP contribution in [0.3, 0.4) is 0 Å². The van der Waals surface area contributed by atoms with Crippen molar-refractivity contribution in [3.63, 3.8) is 0 Å². The monoisotopic (exact) mass is 361 g/mol. The molecule has 1 aromatic rings. The number of hydrogen-bond donors (Lipinski definition) is 0. The first-order valence-electron chi connectivity index (χ1n) is 8.72. The molecule has 1 saturated heterocycles. The van der Waals surface area contributed by atoms with Gasteiger partial charge in [0, 0.05) is 5.56 Å². The van der Waals surface area contributed by atoms with Crippen molar-refractivity contribution in [1.29, 1.82) is 0 Å². The van der Waals surface area contributed by atoms with Crippen LogP contribution in [0, 0.1) is 17.7 Å². The molecule has 0 bridgehead atoms. The molecular formula is C19H20FNO5. The summed E-state index contributed by atoms with van der Waals surface area (Å²) in [5.41, 5.74) is 0.0878. The Morgan fingerprint density at radius 1 is 1.19 bits per heavy atom. The Hall–Kier alpha value is -2.57. The number of rotatable bonds is 5. The Morgan fingerprint density at radius 2 is 1.81 bits per heavy atom. The maximum absolute atomic E-state index is 13.1. The van der Waals surface area contributed by atoms with E-state index in [1.54, 1.807) is 0 Å². The van der Waals surface area contributed by atoms with E-state index in [0.717, 1.165) is 23.8 Å². The van der Waals surface area contributed by atoms with E-state index in [2.05, 4.69) is 0 Å². The van der Waals surface area contributed by atoms with E-state index in [1.165, 1.54) is 25.1 Å². The van der Waals surface area contributed by atoms with E-state index in [0.29, 0.717) is 12.8 Å². The summed E-state index contributed by atoms with van der Waals surface area (Å²) >= 11 is 0. The Labute approximate surface area is 150 Å². The highest BCUT2D eigenvalue weighted by Crippen LogP contribution is 2.38. The van der Waals surface area contributed by atoms with Crippen LogP contribution in [0.25, 0.3) is 0 Å². The van der Waals surface area contributed by atoms with E-state index in [1.807, 2.05) is 0 Å². The highest BCUT2D eigenvalue weighted by Gasteiger charge is 2.51. The molecule has 0 unspecified atom stereocenters. The lowest BCUT2D eigenvalue weighted by Gasteiger charge is -2.21. The zero-order valence-corrected chi connectivity index (χ0v) is 14.4. The van der Waals surface area contributed by atoms with E-state index in [-0.39, 0.29) is 29.2 Å². The van der Waals surface area contributed by atoms with Crippen molar-refractivity contribution in [2.45, 2.75) is 38.6 Å². The summed E-state index contributed by atoms with van der Waals surface area (Å²) in [6, 6.07) is 3.98. The summed E-state index contributed by atoms with van der Waals surface area (Å²) in [4.78, 5) is 50.2. The van der Waals surface area contributed by atoms with Gasteiger partial charge >= 0.3 is 5.97 Å². The van der Waals surface area contributed by atoms with Gasteiger partial charge in [0.25, 0.3) is 0 Å². The number of halogens is 1. The lowest BCUT2D eigenvalue weighted by Crippen LogP contribution is -2.44. The average Bonchev–Trinajstić information content (AvgIpc) is 2.90. The number of esters is 1. The van der Waals surface area contributed by atoms with E-state index >= 15 is 0 Å². The summed E-state index contributed by atoms with van der Waals surface area (Å²) in [7, 11) is 0. The minimum Gasteiger partial charge on any atom is -0.456 e. The van der Waals surface area contributed by atoms with Crippen LogP contribution >= 0.6 is 0 Å². The Kier molecular flexibility index (Phi) is 5.15. The Morgan fingerprint density at radius 3 is 2.38 bits per heavy atom. The number of imide groups is 1. The molecule has 138 valence electrons. The van der Waals surface area contributed by atoms with Crippen LogP contribution in [0.1, 0.15) is 43.0 Å². The third-order valence-electron chi connectivity index (χ3n) is 5.10. The van der Waals surface area contributed by atoms with Gasteiger partial charge in [0.15, 0.2) is 12.4 Å². The minimum atomic E-state index is -1.08. The number of carbonyl (C=O) groups excluding carboxylic acids is 4. The lowest BCUT2D eigenvalue weighted by molar-refractivity contribution is -0.157. The number of likely N-dealkylation sites (tertiary alicyclic amines) is 1. The molecule has 0 aromatic heterocycles. The topological polar surface area (TPSA) is 80.8 Å². The van der Waals surface area contributed by atoms with Crippen LogP contribution in [0.2, 0.25) is 0 Å². The van der Waals surface area contributed by atoms with Gasteiger partial charge in [0.05, 0.1) is 11.8 Å². The molecule has 26 heavy (non-hydrogen) atoms. The fourth-order valence-electron chi connectivity index (χ4n) is 3.68. The quantitative estimate of drug-likeness (QED) is 0.456. The number of fused-ring (bicyclic) bond motifs is 1. The van der Waals surface area contributed by atoms with Crippen molar-refractivity contribution in [3.8, 4) is 0 Å². The predicted molar refractivity (Wildman–Crippen MR) is 88.5 cm³/mol. The first-order valence-corrected chi connectivity index (χ1v) is 8.72. The molecule has 2 aliphatic rings. The van der Waals surface area contributed by atoms with Gasteiger partial charge in [-0.1, -0.05) is 25.0 Å². The Balaban J connectivity index is 1.62. The van der Waals surface area contributed by atoms with Gasteiger partial charge < -0.3 is 4.74 Å². The smallest absolute Gasteiger partial charge is 0.329 e. The summed E-state index contributed by atoms with van der Waals surface area (Å²) in [5, 5.41) is 0. The molecule has 1 aliphatic carbocycles. The molecule has 1 saturated carbocycles. The normalized spacial score (nSPS) is 23.5. The predicted octanol–water partition coefficient (Wildman–Crippen LogP) is 2.12. The summed E-state index contributed by atoms with van der Waals surface area (Å²) < 4.78 is 18.1. The number of ether oxygens (including phenoxy) is 1. The van der Waals surface area contributed by atoms with E-state index < -0.39 is 30.2 Å². The lowest BCUT2D eigenvalue weighted by atomic mass is 9.81. The molecule has 0 radical (unpaired) electrons. The second-order valence-corrected chi connectivity index (χ2v) is 6.76. The molecule has 2 fully saturated rings. The van der Waals surface area contributed by atoms with E-state index in [4.69, 9.17) is 4.74 Å². The first-order chi connectivity index (χ1) is 12.4. The van der Waals surface area contributed by atoms with Gasteiger partial charge in [0.2, 0.25) is 11.8 Å². The largest absolute Gasteiger partial charge is 0.456 e. The van der Waals surface area contributed by atoms with Crippen molar-refractivity contribution in [2.75, 3.05) is 6.61 Å². The van der Waals surface area contributed by atoms with Crippen LogP contribution < -0.4 is 0 Å². The van der Waals surface area contributed by atoms with Gasteiger partial charge in [-0.3, -0.25) is 19.3 Å². The molecule has 0 N–H and O–H groups in total. The van der Waals surface area contributed by atoms with Gasteiger partial charge in [0.1, 0.15) is 11.9 Å². The molecule has 1 aromatic carbocycles. The van der Waals surface area contributed by atoms with Crippen LogP contribution in [0.15, 0.2) is 24.3 Å². The third kappa shape index (κ3) is 3.38. The number of nitrogens with zero attached hydrogens (tertiary/aromatic N) is 1. The molecule has 2 amide bonds. The molecule has 1 heterocycles.